The average molecular weight is 443 g/mol. The first-order valence-electron chi connectivity index (χ1n) is 10.4. The first-order valence-corrected chi connectivity index (χ1v) is 11.3. The predicted octanol–water partition coefficient (Wildman–Crippen LogP) is 5.30. The van der Waals surface area contributed by atoms with Crippen molar-refractivity contribution >= 4 is 40.1 Å². The van der Waals surface area contributed by atoms with Crippen LogP contribution in [0, 0.1) is 6.92 Å². The monoisotopic (exact) mass is 442 g/mol. The molecule has 3 heterocycles. The Bertz CT molecular complexity index is 1270. The van der Waals surface area contributed by atoms with Gasteiger partial charge in [0, 0.05) is 40.3 Å². The molecule has 0 saturated carbocycles. The van der Waals surface area contributed by atoms with Crippen LogP contribution in [0.25, 0.3) is 22.2 Å². The molecular formula is C25H22N4O2S. The van der Waals surface area contributed by atoms with E-state index in [-0.39, 0.29) is 5.91 Å². The predicted molar refractivity (Wildman–Crippen MR) is 130 cm³/mol. The third-order valence-corrected chi connectivity index (χ3v) is 6.41. The van der Waals surface area contributed by atoms with Crippen molar-refractivity contribution in [3.05, 3.63) is 84.2 Å². The fourth-order valence-electron chi connectivity index (χ4n) is 3.73. The number of fused-ring (bicyclic) bond motifs is 1. The Morgan fingerprint density at radius 2 is 1.94 bits per heavy atom. The molecule has 1 aliphatic rings. The molecule has 0 radical (unpaired) electrons. The van der Waals surface area contributed by atoms with Gasteiger partial charge in [-0.2, -0.15) is 0 Å². The zero-order valence-electron chi connectivity index (χ0n) is 17.6. The molecule has 1 amide bonds. The summed E-state index contributed by atoms with van der Waals surface area (Å²) in [5, 5.41) is 4.01. The molecule has 1 aliphatic heterocycles. The van der Waals surface area contributed by atoms with Gasteiger partial charge in [0.2, 0.25) is 0 Å². The van der Waals surface area contributed by atoms with Gasteiger partial charge in [0.05, 0.1) is 24.4 Å². The number of hydrogen-bond donors (Lipinski definition) is 1. The first-order chi connectivity index (χ1) is 15.7. The van der Waals surface area contributed by atoms with Gasteiger partial charge in [0.25, 0.3) is 5.91 Å². The average Bonchev–Trinajstić information content (AvgIpc) is 2.85. The summed E-state index contributed by atoms with van der Waals surface area (Å²) in [6.07, 6.45) is 3.54. The van der Waals surface area contributed by atoms with E-state index in [4.69, 9.17) is 4.74 Å². The molecule has 4 aromatic rings. The third kappa shape index (κ3) is 4.17. The Kier molecular flexibility index (Phi) is 5.75. The highest BCUT2D eigenvalue weighted by Crippen LogP contribution is 2.30. The van der Waals surface area contributed by atoms with Gasteiger partial charge in [-0.25, -0.2) is 0 Å². The van der Waals surface area contributed by atoms with Crippen molar-refractivity contribution in [3.63, 3.8) is 0 Å². The molecule has 2 aromatic heterocycles. The van der Waals surface area contributed by atoms with Crippen LogP contribution in [0.1, 0.15) is 15.9 Å². The minimum absolute atomic E-state index is 0.145. The van der Waals surface area contributed by atoms with Gasteiger partial charge in [-0.3, -0.25) is 14.8 Å². The molecule has 0 bridgehead atoms. The second-order valence-electron chi connectivity index (χ2n) is 7.52. The molecule has 1 saturated heterocycles. The molecule has 1 fully saturated rings. The summed E-state index contributed by atoms with van der Waals surface area (Å²) in [6.45, 7) is 3.59. The second-order valence-corrected chi connectivity index (χ2v) is 8.45. The molecule has 5 rings (SSSR count). The summed E-state index contributed by atoms with van der Waals surface area (Å²) >= 11 is 1.63. The maximum atomic E-state index is 12.9. The van der Waals surface area contributed by atoms with Crippen molar-refractivity contribution in [1.82, 2.24) is 9.97 Å². The summed E-state index contributed by atoms with van der Waals surface area (Å²) in [5.74, 6) is 0.508. The second kappa shape index (κ2) is 8.98. The van der Waals surface area contributed by atoms with Crippen LogP contribution in [-0.2, 0) is 4.74 Å². The summed E-state index contributed by atoms with van der Waals surface area (Å²) in [7, 11) is 0. The molecule has 160 valence electrons. The Balaban J connectivity index is 1.38. The Morgan fingerprint density at radius 3 is 2.75 bits per heavy atom. The number of hydrogen-bond acceptors (Lipinski definition) is 6. The Hall–Kier alpha value is -3.42. The minimum atomic E-state index is -0.145. The lowest BCUT2D eigenvalue weighted by Gasteiger charge is -2.27. The number of pyridine rings is 2. The van der Waals surface area contributed by atoms with Crippen LogP contribution in [-0.4, -0.2) is 35.0 Å². The van der Waals surface area contributed by atoms with E-state index in [1.165, 1.54) is 0 Å². The van der Waals surface area contributed by atoms with Gasteiger partial charge >= 0.3 is 0 Å². The molecule has 1 N–H and O–H groups in total. The van der Waals surface area contributed by atoms with Gasteiger partial charge in [0.1, 0.15) is 5.94 Å². The normalized spacial score (nSPS) is 13.8. The van der Waals surface area contributed by atoms with E-state index in [9.17, 15) is 4.79 Å². The van der Waals surface area contributed by atoms with Gasteiger partial charge in [-0.1, -0.05) is 6.07 Å². The topological polar surface area (TPSA) is 67.4 Å². The largest absolute Gasteiger partial charge is 0.367 e. The highest BCUT2D eigenvalue weighted by molar-refractivity contribution is 8.00. The minimum Gasteiger partial charge on any atom is -0.367 e. The zero-order valence-corrected chi connectivity index (χ0v) is 18.4. The van der Waals surface area contributed by atoms with Crippen molar-refractivity contribution in [2.24, 2.45) is 0 Å². The van der Waals surface area contributed by atoms with Gasteiger partial charge < -0.3 is 14.4 Å². The van der Waals surface area contributed by atoms with Crippen LogP contribution in [0.4, 0.5) is 11.4 Å². The summed E-state index contributed by atoms with van der Waals surface area (Å²) in [5.41, 5.74) is 6.22. The maximum Gasteiger partial charge on any atom is 0.255 e. The lowest BCUT2D eigenvalue weighted by molar-refractivity contribution is 0.102. The van der Waals surface area contributed by atoms with Crippen molar-refractivity contribution in [3.8, 4) is 11.3 Å². The van der Waals surface area contributed by atoms with E-state index in [2.05, 4.69) is 19.6 Å². The third-order valence-electron chi connectivity index (χ3n) is 5.43. The van der Waals surface area contributed by atoms with Crippen LogP contribution in [0.2, 0.25) is 0 Å². The number of carbonyl (C=O) groups excluding carboxylic acids is 1. The number of rotatable bonds is 4. The Morgan fingerprint density at radius 1 is 1.06 bits per heavy atom. The first kappa shape index (κ1) is 20.5. The number of nitrogens with zero attached hydrogens (tertiary/aromatic N) is 3. The summed E-state index contributed by atoms with van der Waals surface area (Å²) < 4.78 is 7.56. The number of amides is 1. The molecule has 0 unspecified atom stereocenters. The van der Waals surface area contributed by atoms with Crippen molar-refractivity contribution in [1.29, 1.82) is 0 Å². The molecule has 0 atom stereocenters. The Labute approximate surface area is 190 Å². The van der Waals surface area contributed by atoms with Crippen LogP contribution < -0.4 is 9.62 Å². The molecule has 6 nitrogen and oxygen atoms in total. The number of aryl methyl sites for hydroxylation is 1. The number of nitrogens with one attached hydrogen (secondary N) is 1. The highest BCUT2D eigenvalue weighted by Gasteiger charge is 2.14. The van der Waals surface area contributed by atoms with E-state index in [1.54, 1.807) is 24.3 Å². The quantitative estimate of drug-likeness (QED) is 0.433. The van der Waals surface area contributed by atoms with Crippen molar-refractivity contribution in [2.75, 3.05) is 28.7 Å². The highest BCUT2D eigenvalue weighted by atomic mass is 32.2. The molecule has 0 spiro atoms. The number of anilines is 2. The van der Waals surface area contributed by atoms with Crippen molar-refractivity contribution < 1.29 is 9.53 Å². The number of carbonyl (C=O) groups is 1. The fourth-order valence-corrected chi connectivity index (χ4v) is 4.52. The van der Waals surface area contributed by atoms with Crippen LogP contribution in [0.3, 0.4) is 0 Å². The lowest BCUT2D eigenvalue weighted by atomic mass is 10.0. The van der Waals surface area contributed by atoms with Crippen LogP contribution >= 0.6 is 11.9 Å². The molecule has 32 heavy (non-hydrogen) atoms. The lowest BCUT2D eigenvalue weighted by Crippen LogP contribution is -2.26. The van der Waals surface area contributed by atoms with Crippen molar-refractivity contribution in [2.45, 2.75) is 6.92 Å². The molecule has 0 aliphatic carbocycles. The smallest absolute Gasteiger partial charge is 0.255 e. The SMILES string of the molecule is Cc1ccc(NC(=O)c2ccc(N3CCOCS3)cc2)cc1-c1nccc2ncccc12. The maximum absolute atomic E-state index is 12.9. The molecule has 7 heteroatoms. The van der Waals surface area contributed by atoms with E-state index in [0.29, 0.717) is 18.1 Å². The van der Waals surface area contributed by atoms with E-state index in [0.717, 1.165) is 45.6 Å². The molecular weight excluding hydrogens is 420 g/mol. The van der Waals surface area contributed by atoms with E-state index >= 15 is 0 Å². The summed E-state index contributed by atoms with van der Waals surface area (Å²) in [4.78, 5) is 21.9. The van der Waals surface area contributed by atoms with Gasteiger partial charge in [0.15, 0.2) is 0 Å². The zero-order chi connectivity index (χ0) is 21.9. The fraction of sp³-hybridized carbons (Fsp3) is 0.160. The number of aromatic nitrogens is 2. The van der Waals surface area contributed by atoms with Crippen LogP contribution in [0.15, 0.2) is 73.1 Å². The standard InChI is InChI=1S/C25H22N4O2S/c1-17-4-7-19(15-22(17)24-21-3-2-11-26-23(21)10-12-27-24)28-25(30)18-5-8-20(9-6-18)29-13-14-31-16-32-29/h2-12,15H,13-14,16H2,1H3,(H,28,30). The number of ether oxygens (including phenoxy) is 1. The van der Waals surface area contributed by atoms with E-state index in [1.807, 2.05) is 67.6 Å². The van der Waals surface area contributed by atoms with Crippen LogP contribution in [0.5, 0.6) is 0 Å². The summed E-state index contributed by atoms with van der Waals surface area (Å²) in [6, 6.07) is 19.4. The van der Waals surface area contributed by atoms with Gasteiger partial charge in [-0.15, -0.1) is 0 Å². The number of benzene rings is 2. The van der Waals surface area contributed by atoms with E-state index < -0.39 is 0 Å². The molecule has 2 aromatic carbocycles. The van der Waals surface area contributed by atoms with Gasteiger partial charge in [-0.05, 0) is 79.0 Å².